The largest absolute Gasteiger partial charge is 0.493 e. The van der Waals surface area contributed by atoms with Crippen LogP contribution in [0, 0.1) is 3.57 Å². The van der Waals surface area contributed by atoms with Crippen molar-refractivity contribution in [3.63, 3.8) is 0 Å². The third kappa shape index (κ3) is 7.05. The van der Waals surface area contributed by atoms with E-state index in [9.17, 15) is 9.59 Å². The van der Waals surface area contributed by atoms with Crippen molar-refractivity contribution in [3.05, 3.63) is 111 Å². The number of hydrogen-bond donors (Lipinski definition) is 0. The summed E-state index contributed by atoms with van der Waals surface area (Å²) in [6.07, 6.45) is 3.21. The summed E-state index contributed by atoms with van der Waals surface area (Å²) < 4.78 is 31.4. The van der Waals surface area contributed by atoms with E-state index < -0.39 is 12.0 Å². The average Bonchev–Trinajstić information content (AvgIpc) is 3.35. The molecule has 0 unspecified atom stereocenters. The molecule has 2 heterocycles. The molecule has 5 rings (SSSR count). The van der Waals surface area contributed by atoms with Crippen LogP contribution in [0.4, 0.5) is 0 Å². The summed E-state index contributed by atoms with van der Waals surface area (Å²) in [5, 5.41) is 0.605. The van der Waals surface area contributed by atoms with Crippen LogP contribution in [0.25, 0.3) is 6.08 Å². The van der Waals surface area contributed by atoms with E-state index in [0.29, 0.717) is 61.7 Å². The van der Waals surface area contributed by atoms with Crippen LogP contribution in [0.1, 0.15) is 36.6 Å². The number of methoxy groups -OCH3 is 2. The molecule has 1 aliphatic rings. The summed E-state index contributed by atoms with van der Waals surface area (Å²) in [4.78, 5) is 32.0. The maximum absolute atomic E-state index is 14.2. The topological polar surface area (TPSA) is 97.6 Å². The van der Waals surface area contributed by atoms with Crippen molar-refractivity contribution in [2.45, 2.75) is 26.5 Å². The molecule has 0 N–H and O–H groups in total. The number of aromatic nitrogens is 1. The minimum atomic E-state index is -0.810. The molecule has 0 fully saturated rings. The van der Waals surface area contributed by atoms with Gasteiger partial charge in [0.1, 0.15) is 6.61 Å². The van der Waals surface area contributed by atoms with Crippen molar-refractivity contribution < 1.29 is 28.5 Å². The highest BCUT2D eigenvalue weighted by Crippen LogP contribution is 2.36. The third-order valence-electron chi connectivity index (χ3n) is 6.84. The van der Waals surface area contributed by atoms with Crippen LogP contribution in [-0.4, -0.2) is 38.0 Å². The minimum Gasteiger partial charge on any atom is -0.493 e. The average molecular weight is 761 g/mol. The number of esters is 1. The molecule has 3 aromatic carbocycles. The molecule has 0 amide bonds. The predicted octanol–water partition coefficient (Wildman–Crippen LogP) is 5.66. The molecule has 9 nitrogen and oxygen atoms in total. The van der Waals surface area contributed by atoms with Gasteiger partial charge in [-0.05, 0) is 90.0 Å². The van der Waals surface area contributed by atoms with Gasteiger partial charge in [0.2, 0.25) is 0 Å². The molecule has 4 aromatic rings. The van der Waals surface area contributed by atoms with Gasteiger partial charge in [0.15, 0.2) is 27.8 Å². The van der Waals surface area contributed by atoms with E-state index in [0.717, 1.165) is 9.13 Å². The zero-order valence-corrected chi connectivity index (χ0v) is 28.7. The van der Waals surface area contributed by atoms with Crippen molar-refractivity contribution >= 4 is 57.6 Å². The summed E-state index contributed by atoms with van der Waals surface area (Å²) in [5.74, 6) is 1.48. The molecule has 0 aliphatic carbocycles. The van der Waals surface area contributed by atoms with Gasteiger partial charge in [-0.3, -0.25) is 9.36 Å². The molecule has 0 saturated heterocycles. The van der Waals surface area contributed by atoms with Crippen LogP contribution >= 0.6 is 45.5 Å². The number of halogens is 2. The highest BCUT2D eigenvalue weighted by Gasteiger charge is 2.31. The Labute approximate surface area is 282 Å². The van der Waals surface area contributed by atoms with E-state index >= 15 is 0 Å². The summed E-state index contributed by atoms with van der Waals surface area (Å²) in [5.41, 5.74) is 2.05. The first-order chi connectivity index (χ1) is 21.8. The summed E-state index contributed by atoms with van der Waals surface area (Å²) in [7, 11) is 2.86. The first kappa shape index (κ1) is 32.6. The van der Waals surface area contributed by atoms with E-state index in [2.05, 4.69) is 27.6 Å². The van der Waals surface area contributed by atoms with Crippen molar-refractivity contribution in [1.29, 1.82) is 0 Å². The number of fused-ring (bicyclic) bond motifs is 1. The summed E-state index contributed by atoms with van der Waals surface area (Å²) >= 11 is 9.57. The molecule has 0 saturated carbocycles. The maximum atomic E-state index is 14.2. The fraction of sp³-hybridized carbons (Fsp3) is 0.242. The monoisotopic (exact) mass is 760 g/mol. The van der Waals surface area contributed by atoms with E-state index in [-0.39, 0.29) is 17.7 Å². The van der Waals surface area contributed by atoms with Crippen molar-refractivity contribution in [2.24, 2.45) is 4.99 Å². The lowest BCUT2D eigenvalue weighted by Crippen LogP contribution is -2.39. The number of thiazole rings is 1. The highest BCUT2D eigenvalue weighted by molar-refractivity contribution is 14.1. The van der Waals surface area contributed by atoms with E-state index in [4.69, 9.17) is 35.3 Å². The Bertz CT molecular complexity index is 1950. The van der Waals surface area contributed by atoms with Crippen LogP contribution in [-0.2, 0) is 16.1 Å². The van der Waals surface area contributed by atoms with Gasteiger partial charge < -0.3 is 23.7 Å². The van der Waals surface area contributed by atoms with Crippen LogP contribution < -0.4 is 33.8 Å². The smallest absolute Gasteiger partial charge is 0.337 e. The lowest BCUT2D eigenvalue weighted by atomic mass is 9.97. The number of rotatable bonds is 11. The Morgan fingerprint density at radius 1 is 1.02 bits per heavy atom. The second kappa shape index (κ2) is 14.5. The molecule has 45 heavy (non-hydrogen) atoms. The first-order valence-electron chi connectivity index (χ1n) is 14.0. The Hall–Kier alpha value is -3.81. The Morgan fingerprint density at radius 2 is 1.80 bits per heavy atom. The molecule has 1 aromatic heterocycles. The number of carbonyl (C=O) groups excluding carboxylic acids is 1. The van der Waals surface area contributed by atoms with Crippen molar-refractivity contribution in [3.8, 4) is 23.0 Å². The number of ether oxygens (including phenoxy) is 5. The van der Waals surface area contributed by atoms with Gasteiger partial charge in [-0.15, -0.1) is 0 Å². The van der Waals surface area contributed by atoms with E-state index in [1.165, 1.54) is 29.2 Å². The van der Waals surface area contributed by atoms with Gasteiger partial charge in [-0.1, -0.05) is 41.1 Å². The van der Waals surface area contributed by atoms with E-state index in [1.807, 2.05) is 50.2 Å². The quantitative estimate of drug-likeness (QED) is 0.144. The van der Waals surface area contributed by atoms with Crippen molar-refractivity contribution in [2.75, 3.05) is 27.4 Å². The molecule has 0 spiro atoms. The number of carbonyl (C=O) groups is 1. The van der Waals surface area contributed by atoms with Crippen LogP contribution in [0.2, 0.25) is 5.02 Å². The predicted molar refractivity (Wildman–Crippen MR) is 181 cm³/mol. The lowest BCUT2D eigenvalue weighted by Gasteiger charge is -2.23. The van der Waals surface area contributed by atoms with Gasteiger partial charge in [-0.2, -0.15) is 0 Å². The second-order valence-electron chi connectivity index (χ2n) is 9.69. The zero-order chi connectivity index (χ0) is 32.1. The molecular formula is C33H30ClIN2O7S. The summed E-state index contributed by atoms with van der Waals surface area (Å²) in [6, 6.07) is 15.7. The molecule has 0 radical (unpaired) electrons. The van der Waals surface area contributed by atoms with Gasteiger partial charge in [-0.25, -0.2) is 9.79 Å². The van der Waals surface area contributed by atoms with Crippen LogP contribution in [0.3, 0.4) is 0 Å². The van der Waals surface area contributed by atoms with Crippen molar-refractivity contribution in [1.82, 2.24) is 4.57 Å². The third-order valence-corrected chi connectivity index (χ3v) is 8.69. The Morgan fingerprint density at radius 3 is 2.51 bits per heavy atom. The van der Waals surface area contributed by atoms with Crippen LogP contribution in [0.15, 0.2) is 76.2 Å². The Kier molecular flexibility index (Phi) is 10.5. The standard InChI is InChI=1S/C33H30ClIN2O7S/c1-5-42-25-11-10-20(14-26(25)43-6-2)29-24(32(39)41-4)17-36-33-37(29)31(38)28(45-33)15-21-13-23(35)16-27(40-3)30(21)44-18-19-8-7-9-22(34)12-19/h7-17,29H,5-6,18H2,1-4H3/b28-15+/t29-/m1/s1. The zero-order valence-electron chi connectivity index (χ0n) is 25.0. The normalized spacial score (nSPS) is 14.2. The number of hydrogen-bond acceptors (Lipinski definition) is 9. The summed E-state index contributed by atoms with van der Waals surface area (Å²) in [6.45, 7) is 4.86. The van der Waals surface area contributed by atoms with Gasteiger partial charge >= 0.3 is 5.97 Å². The maximum Gasteiger partial charge on any atom is 0.337 e. The number of benzene rings is 3. The SMILES string of the molecule is CCOc1ccc([C@@H]2C(C(=O)OC)=CN=c3s/c(=C/c4cc(I)cc(OC)c4OCc4cccc(Cl)c4)c(=O)n32)cc1OCC. The molecule has 1 atom stereocenters. The highest BCUT2D eigenvalue weighted by atomic mass is 127. The fourth-order valence-electron chi connectivity index (χ4n) is 4.91. The van der Waals surface area contributed by atoms with Gasteiger partial charge in [0.25, 0.3) is 5.56 Å². The minimum absolute atomic E-state index is 0.213. The van der Waals surface area contributed by atoms with Crippen LogP contribution in [0.5, 0.6) is 23.0 Å². The first-order valence-corrected chi connectivity index (χ1v) is 16.3. The molecule has 0 bridgehead atoms. The fourth-order valence-corrected chi connectivity index (χ4v) is 6.70. The number of nitrogens with zero attached hydrogens (tertiary/aromatic N) is 2. The van der Waals surface area contributed by atoms with Gasteiger partial charge in [0, 0.05) is 20.4 Å². The van der Waals surface area contributed by atoms with E-state index in [1.54, 1.807) is 31.4 Å². The van der Waals surface area contributed by atoms with Gasteiger partial charge in [0.05, 0.1) is 43.6 Å². The molecule has 12 heteroatoms. The lowest BCUT2D eigenvalue weighted by molar-refractivity contribution is -0.136. The molecule has 1 aliphatic heterocycles. The second-order valence-corrected chi connectivity index (χ2v) is 12.4. The molecule has 234 valence electrons. The molecular weight excluding hydrogens is 731 g/mol. The Balaban J connectivity index is 1.64.